The first kappa shape index (κ1) is 12.7. The maximum atomic E-state index is 12.2. The summed E-state index contributed by atoms with van der Waals surface area (Å²) in [5, 5.41) is 6.48. The molecular weight excluding hydrogens is 236 g/mol. The molecule has 1 saturated heterocycles. The first-order valence-electron chi connectivity index (χ1n) is 7.38. The summed E-state index contributed by atoms with van der Waals surface area (Å²) in [6.45, 7) is 2.98. The summed E-state index contributed by atoms with van der Waals surface area (Å²) in [5.74, 6) is 1.05. The summed E-state index contributed by atoms with van der Waals surface area (Å²) < 4.78 is 0. The molecule has 1 aliphatic carbocycles. The van der Waals surface area contributed by atoms with Gasteiger partial charge in [0.05, 0.1) is 0 Å². The van der Waals surface area contributed by atoms with Gasteiger partial charge in [-0.2, -0.15) is 0 Å². The number of nitrogens with one attached hydrogen (secondary N) is 2. The number of aryl methyl sites for hydroxylation is 1. The molecule has 1 aromatic rings. The van der Waals surface area contributed by atoms with Crippen molar-refractivity contribution in [2.24, 2.45) is 11.8 Å². The van der Waals surface area contributed by atoms with Crippen LogP contribution in [0.1, 0.15) is 24.0 Å². The minimum atomic E-state index is 0.171. The van der Waals surface area contributed by atoms with Gasteiger partial charge in [-0.25, -0.2) is 0 Å². The molecule has 3 nitrogen and oxygen atoms in total. The second-order valence-corrected chi connectivity index (χ2v) is 5.81. The van der Waals surface area contributed by atoms with Crippen LogP contribution in [0.25, 0.3) is 0 Å². The monoisotopic (exact) mass is 258 g/mol. The van der Waals surface area contributed by atoms with Crippen molar-refractivity contribution in [3.8, 4) is 0 Å². The van der Waals surface area contributed by atoms with Crippen LogP contribution in [0.3, 0.4) is 0 Å². The zero-order valence-corrected chi connectivity index (χ0v) is 11.3. The molecule has 2 N–H and O–H groups in total. The molecule has 0 saturated carbocycles. The van der Waals surface area contributed by atoms with Gasteiger partial charge in [0.2, 0.25) is 5.91 Å². The molecule has 19 heavy (non-hydrogen) atoms. The van der Waals surface area contributed by atoms with Crippen LogP contribution in [-0.4, -0.2) is 25.5 Å². The van der Waals surface area contributed by atoms with Gasteiger partial charge < -0.3 is 10.6 Å². The maximum Gasteiger partial charge on any atom is 0.223 e. The normalized spacial score (nSPS) is 25.9. The molecule has 1 amide bonds. The van der Waals surface area contributed by atoms with Crippen molar-refractivity contribution in [2.75, 3.05) is 19.6 Å². The van der Waals surface area contributed by atoms with Gasteiger partial charge in [-0.05, 0) is 55.8 Å². The Morgan fingerprint density at radius 3 is 2.89 bits per heavy atom. The van der Waals surface area contributed by atoms with Crippen LogP contribution in [0.5, 0.6) is 0 Å². The van der Waals surface area contributed by atoms with Crippen LogP contribution in [0, 0.1) is 11.8 Å². The molecule has 102 valence electrons. The number of benzene rings is 1. The summed E-state index contributed by atoms with van der Waals surface area (Å²) in [4.78, 5) is 12.2. The van der Waals surface area contributed by atoms with Gasteiger partial charge in [-0.3, -0.25) is 4.79 Å². The number of carbonyl (C=O) groups is 1. The van der Waals surface area contributed by atoms with E-state index < -0.39 is 0 Å². The van der Waals surface area contributed by atoms with Gasteiger partial charge in [-0.1, -0.05) is 24.3 Å². The van der Waals surface area contributed by atoms with Crippen LogP contribution in [-0.2, 0) is 17.6 Å². The van der Waals surface area contributed by atoms with Crippen LogP contribution < -0.4 is 10.6 Å². The van der Waals surface area contributed by atoms with Crippen molar-refractivity contribution in [3.05, 3.63) is 35.4 Å². The van der Waals surface area contributed by atoms with Crippen molar-refractivity contribution in [2.45, 2.75) is 25.7 Å². The van der Waals surface area contributed by atoms with Crippen molar-refractivity contribution < 1.29 is 4.79 Å². The molecule has 2 aliphatic rings. The third-order valence-corrected chi connectivity index (χ3v) is 4.44. The van der Waals surface area contributed by atoms with Crippen LogP contribution in [0.15, 0.2) is 24.3 Å². The Morgan fingerprint density at radius 2 is 2.11 bits per heavy atom. The summed E-state index contributed by atoms with van der Waals surface area (Å²) in [5.41, 5.74) is 2.78. The first-order valence-corrected chi connectivity index (χ1v) is 7.38. The third kappa shape index (κ3) is 2.98. The SMILES string of the molecule is O=C(NCC1CCNC1)C1CCc2ccccc2C1. The number of hydrogen-bond donors (Lipinski definition) is 2. The van der Waals surface area contributed by atoms with E-state index in [1.165, 1.54) is 17.5 Å². The maximum absolute atomic E-state index is 12.2. The fourth-order valence-corrected chi connectivity index (χ4v) is 3.20. The van der Waals surface area contributed by atoms with Crippen molar-refractivity contribution in [3.63, 3.8) is 0 Å². The molecule has 1 aromatic carbocycles. The third-order valence-electron chi connectivity index (χ3n) is 4.44. The predicted octanol–water partition coefficient (Wildman–Crippen LogP) is 1.52. The van der Waals surface area contributed by atoms with E-state index in [0.717, 1.165) is 38.9 Å². The highest BCUT2D eigenvalue weighted by atomic mass is 16.1. The van der Waals surface area contributed by atoms with Gasteiger partial charge in [0.1, 0.15) is 0 Å². The van der Waals surface area contributed by atoms with E-state index in [9.17, 15) is 4.79 Å². The summed E-state index contributed by atoms with van der Waals surface area (Å²) in [6, 6.07) is 8.51. The lowest BCUT2D eigenvalue weighted by Crippen LogP contribution is -2.37. The van der Waals surface area contributed by atoms with E-state index in [1.807, 2.05) is 0 Å². The largest absolute Gasteiger partial charge is 0.356 e. The van der Waals surface area contributed by atoms with Gasteiger partial charge in [-0.15, -0.1) is 0 Å². The highest BCUT2D eigenvalue weighted by Gasteiger charge is 2.25. The Balaban J connectivity index is 1.54. The van der Waals surface area contributed by atoms with Gasteiger partial charge >= 0.3 is 0 Å². The second-order valence-electron chi connectivity index (χ2n) is 5.81. The molecule has 0 radical (unpaired) electrons. The van der Waals surface area contributed by atoms with Crippen molar-refractivity contribution >= 4 is 5.91 Å². The van der Waals surface area contributed by atoms with E-state index in [-0.39, 0.29) is 11.8 Å². The molecule has 3 heteroatoms. The lowest BCUT2D eigenvalue weighted by molar-refractivity contribution is -0.125. The van der Waals surface area contributed by atoms with Crippen molar-refractivity contribution in [1.82, 2.24) is 10.6 Å². The topological polar surface area (TPSA) is 41.1 Å². The van der Waals surface area contributed by atoms with E-state index >= 15 is 0 Å². The summed E-state index contributed by atoms with van der Waals surface area (Å²) >= 11 is 0. The summed E-state index contributed by atoms with van der Waals surface area (Å²) in [7, 11) is 0. The number of fused-ring (bicyclic) bond motifs is 1. The van der Waals surface area contributed by atoms with Gasteiger partial charge in [0.15, 0.2) is 0 Å². The minimum Gasteiger partial charge on any atom is -0.356 e. The predicted molar refractivity (Wildman–Crippen MR) is 75.9 cm³/mol. The number of amides is 1. The van der Waals surface area contributed by atoms with Crippen LogP contribution in [0.2, 0.25) is 0 Å². The minimum absolute atomic E-state index is 0.171. The highest BCUT2D eigenvalue weighted by molar-refractivity contribution is 5.79. The Morgan fingerprint density at radius 1 is 1.26 bits per heavy atom. The fraction of sp³-hybridized carbons (Fsp3) is 0.562. The smallest absolute Gasteiger partial charge is 0.223 e. The number of hydrogen-bond acceptors (Lipinski definition) is 2. The molecule has 0 bridgehead atoms. The van der Waals surface area contributed by atoms with E-state index in [0.29, 0.717) is 5.92 Å². The molecule has 1 fully saturated rings. The Kier molecular flexibility index (Phi) is 3.83. The molecule has 2 unspecified atom stereocenters. The Labute approximate surface area is 114 Å². The molecule has 0 spiro atoms. The molecule has 1 aliphatic heterocycles. The Hall–Kier alpha value is -1.35. The average molecular weight is 258 g/mol. The lowest BCUT2D eigenvalue weighted by atomic mass is 9.83. The quantitative estimate of drug-likeness (QED) is 0.863. The number of rotatable bonds is 3. The molecule has 1 heterocycles. The van der Waals surface area contributed by atoms with Gasteiger partial charge in [0, 0.05) is 12.5 Å². The second kappa shape index (κ2) is 5.74. The Bertz CT molecular complexity index is 452. The van der Waals surface area contributed by atoms with E-state index in [2.05, 4.69) is 34.9 Å². The molecule has 0 aromatic heterocycles. The van der Waals surface area contributed by atoms with Crippen molar-refractivity contribution in [1.29, 1.82) is 0 Å². The lowest BCUT2D eigenvalue weighted by Gasteiger charge is -2.24. The van der Waals surface area contributed by atoms with Crippen LogP contribution in [0.4, 0.5) is 0 Å². The fourth-order valence-electron chi connectivity index (χ4n) is 3.20. The van der Waals surface area contributed by atoms with Crippen LogP contribution >= 0.6 is 0 Å². The standard InChI is InChI=1S/C16H22N2O/c19-16(18-11-12-7-8-17-10-12)15-6-5-13-3-1-2-4-14(13)9-15/h1-4,12,15,17H,5-11H2,(H,18,19). The molecular formula is C16H22N2O. The van der Waals surface area contributed by atoms with E-state index in [4.69, 9.17) is 0 Å². The first-order chi connectivity index (χ1) is 9.33. The molecule has 2 atom stereocenters. The highest BCUT2D eigenvalue weighted by Crippen LogP contribution is 2.25. The van der Waals surface area contributed by atoms with Gasteiger partial charge in [0.25, 0.3) is 0 Å². The zero-order valence-electron chi connectivity index (χ0n) is 11.3. The van der Waals surface area contributed by atoms with E-state index in [1.54, 1.807) is 0 Å². The summed E-state index contributed by atoms with van der Waals surface area (Å²) in [6.07, 6.45) is 4.13. The average Bonchev–Trinajstić information content (AvgIpc) is 2.97. The zero-order chi connectivity index (χ0) is 13.1. The molecule has 3 rings (SSSR count). The number of carbonyl (C=O) groups excluding carboxylic acids is 1.